The van der Waals surface area contributed by atoms with Gasteiger partial charge in [0.15, 0.2) is 11.5 Å². The average Bonchev–Trinajstić information content (AvgIpc) is 2.68. The number of benzene rings is 3. The topological polar surface area (TPSA) is 103 Å². The summed E-state index contributed by atoms with van der Waals surface area (Å²) in [6.45, 7) is 0. The standard InChI is InChI=1S/C20H16N2O5/c23-19(14-5-2-1-3-6-14)15-7-4-8-16(13-15)21-20(24)27-18-11-9-17(10-12-18)22(25)26/h1-13,22,25H,(H,21,24). The molecule has 0 aliphatic carbocycles. The van der Waals surface area contributed by atoms with Crippen molar-refractivity contribution in [2.24, 2.45) is 0 Å². The van der Waals surface area contributed by atoms with Crippen LogP contribution in [0.5, 0.6) is 5.75 Å². The molecule has 0 aliphatic heterocycles. The van der Waals surface area contributed by atoms with E-state index in [1.165, 1.54) is 24.3 Å². The molecule has 0 spiro atoms. The van der Waals surface area contributed by atoms with Crippen molar-refractivity contribution < 1.29 is 24.8 Å². The fourth-order valence-corrected chi connectivity index (χ4v) is 2.41. The Morgan fingerprint density at radius 2 is 1.56 bits per heavy atom. The van der Waals surface area contributed by atoms with Gasteiger partial charge in [0.2, 0.25) is 0 Å². The lowest BCUT2D eigenvalue weighted by Gasteiger charge is -2.12. The van der Waals surface area contributed by atoms with Crippen molar-refractivity contribution >= 4 is 23.3 Å². The fraction of sp³-hybridized carbons (Fsp3) is 0. The summed E-state index contributed by atoms with van der Waals surface area (Å²) in [7, 11) is 0. The van der Waals surface area contributed by atoms with E-state index in [0.717, 1.165) is 0 Å². The Labute approximate surface area is 155 Å². The highest BCUT2D eigenvalue weighted by molar-refractivity contribution is 6.09. The van der Waals surface area contributed by atoms with Crippen molar-refractivity contribution in [3.63, 3.8) is 0 Å². The van der Waals surface area contributed by atoms with E-state index in [1.54, 1.807) is 48.5 Å². The molecule has 136 valence electrons. The predicted octanol–water partition coefficient (Wildman–Crippen LogP) is 2.93. The SMILES string of the molecule is O=C(Nc1cccc(C(=O)c2ccccc2)c1)Oc1ccc([NH+]([O-])O)cc1. The van der Waals surface area contributed by atoms with Gasteiger partial charge >= 0.3 is 6.09 Å². The highest BCUT2D eigenvalue weighted by atomic mass is 16.8. The lowest BCUT2D eigenvalue weighted by atomic mass is 10.0. The molecule has 0 saturated heterocycles. The number of carbonyl (C=O) groups excluding carboxylic acids is 2. The summed E-state index contributed by atoms with van der Waals surface area (Å²) in [5.74, 6) is 0.0471. The van der Waals surface area contributed by atoms with Gasteiger partial charge in [0.1, 0.15) is 5.75 Å². The van der Waals surface area contributed by atoms with Gasteiger partial charge in [-0.2, -0.15) is 5.23 Å². The monoisotopic (exact) mass is 364 g/mol. The molecule has 3 aromatic carbocycles. The quantitative estimate of drug-likeness (QED) is 0.477. The van der Waals surface area contributed by atoms with E-state index in [2.05, 4.69) is 5.32 Å². The zero-order chi connectivity index (χ0) is 19.2. The van der Waals surface area contributed by atoms with Crippen molar-refractivity contribution in [2.75, 3.05) is 5.32 Å². The van der Waals surface area contributed by atoms with Crippen molar-refractivity contribution in [3.8, 4) is 5.75 Å². The Bertz CT molecular complexity index is 940. The number of quaternary nitrogens is 1. The largest absolute Gasteiger partial charge is 0.595 e. The molecule has 0 saturated carbocycles. The molecule has 0 aromatic heterocycles. The molecule has 3 rings (SSSR count). The lowest BCUT2D eigenvalue weighted by Crippen LogP contribution is -2.99. The van der Waals surface area contributed by atoms with Crippen LogP contribution in [0.4, 0.5) is 16.2 Å². The third-order valence-electron chi connectivity index (χ3n) is 3.72. The first-order valence-corrected chi connectivity index (χ1v) is 8.05. The van der Waals surface area contributed by atoms with Gasteiger partial charge in [-0.3, -0.25) is 10.1 Å². The number of hydrogen-bond acceptors (Lipinski definition) is 5. The molecule has 3 N–H and O–H groups in total. The summed E-state index contributed by atoms with van der Waals surface area (Å²) in [5.41, 5.74) is 1.49. The van der Waals surface area contributed by atoms with Gasteiger partial charge in [-0.05, 0) is 24.3 Å². The first-order valence-electron chi connectivity index (χ1n) is 8.05. The predicted molar refractivity (Wildman–Crippen MR) is 98.2 cm³/mol. The van der Waals surface area contributed by atoms with Gasteiger partial charge in [0, 0.05) is 28.9 Å². The van der Waals surface area contributed by atoms with E-state index in [-0.39, 0.29) is 17.2 Å². The molecular weight excluding hydrogens is 348 g/mol. The zero-order valence-electron chi connectivity index (χ0n) is 14.1. The molecule has 0 heterocycles. The molecule has 1 atom stereocenters. The molecule has 0 bridgehead atoms. The lowest BCUT2D eigenvalue weighted by molar-refractivity contribution is -0.991. The van der Waals surface area contributed by atoms with Gasteiger partial charge in [-0.15, -0.1) is 0 Å². The third-order valence-corrected chi connectivity index (χ3v) is 3.72. The van der Waals surface area contributed by atoms with Crippen LogP contribution in [-0.4, -0.2) is 17.1 Å². The molecule has 0 aliphatic rings. The second-order valence-corrected chi connectivity index (χ2v) is 5.62. The van der Waals surface area contributed by atoms with Crippen molar-refractivity contribution in [1.82, 2.24) is 0 Å². The smallest absolute Gasteiger partial charge is 0.417 e. The Morgan fingerprint density at radius 3 is 2.22 bits per heavy atom. The van der Waals surface area contributed by atoms with Gasteiger partial charge in [0.05, 0.1) is 0 Å². The number of anilines is 1. The number of nitrogens with one attached hydrogen (secondary N) is 2. The first-order chi connectivity index (χ1) is 13.0. The van der Waals surface area contributed by atoms with Crippen LogP contribution >= 0.6 is 0 Å². The Kier molecular flexibility index (Phi) is 5.58. The van der Waals surface area contributed by atoms with Crippen LogP contribution in [0.25, 0.3) is 0 Å². The number of ether oxygens (including phenoxy) is 1. The summed E-state index contributed by atoms with van der Waals surface area (Å²) >= 11 is 0. The van der Waals surface area contributed by atoms with Crippen LogP contribution in [0.1, 0.15) is 15.9 Å². The molecule has 27 heavy (non-hydrogen) atoms. The molecule has 1 unspecified atom stereocenters. The van der Waals surface area contributed by atoms with E-state index in [4.69, 9.17) is 9.94 Å². The normalized spacial score (nSPS) is 11.5. The second-order valence-electron chi connectivity index (χ2n) is 5.62. The first kappa shape index (κ1) is 18.3. The van der Waals surface area contributed by atoms with E-state index in [9.17, 15) is 14.8 Å². The Morgan fingerprint density at radius 1 is 0.889 bits per heavy atom. The Balaban J connectivity index is 1.67. The number of ketones is 1. The molecule has 0 radical (unpaired) electrons. The zero-order valence-corrected chi connectivity index (χ0v) is 14.1. The molecule has 3 aromatic rings. The second kappa shape index (κ2) is 8.24. The summed E-state index contributed by atoms with van der Waals surface area (Å²) in [6.07, 6.45) is -0.748. The van der Waals surface area contributed by atoms with Crippen LogP contribution in [-0.2, 0) is 0 Å². The summed E-state index contributed by atoms with van der Waals surface area (Å²) < 4.78 is 5.11. The molecular formula is C20H16N2O5. The fourth-order valence-electron chi connectivity index (χ4n) is 2.41. The van der Waals surface area contributed by atoms with Gasteiger partial charge < -0.3 is 9.94 Å². The third kappa shape index (κ3) is 4.77. The van der Waals surface area contributed by atoms with Gasteiger partial charge in [-0.25, -0.2) is 10.0 Å². The van der Waals surface area contributed by atoms with E-state index >= 15 is 0 Å². The van der Waals surface area contributed by atoms with E-state index in [0.29, 0.717) is 16.8 Å². The number of amides is 1. The number of hydrogen-bond donors (Lipinski definition) is 3. The molecule has 7 heteroatoms. The minimum absolute atomic E-state index is 0.0925. The average molecular weight is 364 g/mol. The summed E-state index contributed by atoms with van der Waals surface area (Å²) in [4.78, 5) is 24.5. The number of carbonyl (C=O) groups is 2. The highest BCUT2D eigenvalue weighted by Gasteiger charge is 2.11. The highest BCUT2D eigenvalue weighted by Crippen LogP contribution is 2.17. The maximum absolute atomic E-state index is 12.5. The van der Waals surface area contributed by atoms with Crippen LogP contribution in [0.15, 0.2) is 78.9 Å². The minimum atomic E-state index is -1.06. The van der Waals surface area contributed by atoms with Crippen molar-refractivity contribution in [3.05, 3.63) is 95.2 Å². The van der Waals surface area contributed by atoms with E-state index < -0.39 is 11.3 Å². The Hall–Kier alpha value is -3.52. The van der Waals surface area contributed by atoms with Gasteiger partial charge in [0.25, 0.3) is 0 Å². The van der Waals surface area contributed by atoms with Crippen LogP contribution in [0.3, 0.4) is 0 Å². The maximum Gasteiger partial charge on any atom is 0.417 e. The summed E-state index contributed by atoms with van der Waals surface area (Å²) in [6, 6.07) is 20.8. The number of rotatable bonds is 5. The maximum atomic E-state index is 12.5. The van der Waals surface area contributed by atoms with Crippen molar-refractivity contribution in [2.45, 2.75) is 0 Å². The minimum Gasteiger partial charge on any atom is -0.595 e. The van der Waals surface area contributed by atoms with Gasteiger partial charge in [-0.1, -0.05) is 42.5 Å². The van der Waals surface area contributed by atoms with Crippen LogP contribution < -0.4 is 15.3 Å². The van der Waals surface area contributed by atoms with Crippen LogP contribution in [0.2, 0.25) is 0 Å². The summed E-state index contributed by atoms with van der Waals surface area (Å²) in [5, 5.41) is 21.2. The molecule has 1 amide bonds. The molecule has 7 nitrogen and oxygen atoms in total. The van der Waals surface area contributed by atoms with E-state index in [1.807, 2.05) is 6.07 Å². The molecule has 0 fully saturated rings. The van der Waals surface area contributed by atoms with Crippen molar-refractivity contribution in [1.29, 1.82) is 0 Å². The van der Waals surface area contributed by atoms with Crippen LogP contribution in [0, 0.1) is 5.21 Å².